The Labute approximate surface area is 211 Å². The summed E-state index contributed by atoms with van der Waals surface area (Å²) in [6, 6.07) is 11.7. The van der Waals surface area contributed by atoms with Crippen LogP contribution in [0.25, 0.3) is 27.5 Å². The molecule has 1 aliphatic carbocycles. The van der Waals surface area contributed by atoms with Gasteiger partial charge in [0.05, 0.1) is 29.6 Å². The van der Waals surface area contributed by atoms with Crippen molar-refractivity contribution >= 4 is 51.8 Å². The van der Waals surface area contributed by atoms with Crippen LogP contribution in [-0.4, -0.2) is 32.3 Å². The van der Waals surface area contributed by atoms with Crippen LogP contribution < -0.4 is 16.0 Å². The highest BCUT2D eigenvalue weighted by Gasteiger charge is 2.30. The van der Waals surface area contributed by atoms with E-state index in [0.717, 1.165) is 4.57 Å². The van der Waals surface area contributed by atoms with Gasteiger partial charge in [-0.05, 0) is 49.9 Å². The van der Waals surface area contributed by atoms with Crippen LogP contribution in [0.2, 0.25) is 5.02 Å². The smallest absolute Gasteiger partial charge is 0.336 e. The molecule has 0 atom stereocenters. The first-order chi connectivity index (χ1) is 16.4. The van der Waals surface area contributed by atoms with Crippen molar-refractivity contribution in [3.05, 3.63) is 74.5 Å². The number of carboxylic acids is 1. The van der Waals surface area contributed by atoms with Gasteiger partial charge in [-0.3, -0.25) is 19.1 Å². The summed E-state index contributed by atoms with van der Waals surface area (Å²) in [6.45, 7) is 0. The van der Waals surface area contributed by atoms with Gasteiger partial charge in [0.1, 0.15) is 11.3 Å². The van der Waals surface area contributed by atoms with Crippen LogP contribution in [0, 0.1) is 5.92 Å². The van der Waals surface area contributed by atoms with Crippen molar-refractivity contribution in [2.24, 2.45) is 5.92 Å². The fourth-order valence-corrected chi connectivity index (χ4v) is 5.12. The monoisotopic (exact) mass is 515 g/mol. The van der Waals surface area contributed by atoms with Crippen LogP contribution >= 0.6 is 24.0 Å². The van der Waals surface area contributed by atoms with Gasteiger partial charge in [0.15, 0.2) is 0 Å². The molecule has 2 aromatic carbocycles. The number of hydrogen-bond acceptors (Lipinski definition) is 5. The van der Waals surface area contributed by atoms with Gasteiger partial charge in [-0.15, -0.1) is 12.4 Å². The van der Waals surface area contributed by atoms with Gasteiger partial charge in [0, 0.05) is 22.6 Å². The van der Waals surface area contributed by atoms with E-state index in [1.165, 1.54) is 13.3 Å². The lowest BCUT2D eigenvalue weighted by molar-refractivity contribution is -0.143. The number of para-hydroxylation sites is 1. The summed E-state index contributed by atoms with van der Waals surface area (Å²) in [5.41, 5.74) is 0.410. The van der Waals surface area contributed by atoms with Gasteiger partial charge < -0.3 is 9.84 Å². The zero-order valence-electron chi connectivity index (χ0n) is 18.8. The fourth-order valence-electron chi connectivity index (χ4n) is 4.94. The minimum Gasteiger partial charge on any atom is -0.494 e. The molecule has 10 heteroatoms. The number of halogens is 2. The summed E-state index contributed by atoms with van der Waals surface area (Å²) in [5.74, 6) is -0.721. The normalized spacial score (nSPS) is 17.8. The van der Waals surface area contributed by atoms with Crippen molar-refractivity contribution in [3.63, 3.8) is 0 Å². The Kier molecular flexibility index (Phi) is 6.87. The molecule has 0 spiro atoms. The lowest BCUT2D eigenvalue weighted by Crippen LogP contribution is -2.41. The molecule has 5 rings (SSSR count). The second-order valence-corrected chi connectivity index (χ2v) is 8.93. The number of ether oxygens (including phenoxy) is 1. The molecular formula is C25H23Cl2N3O5. The lowest BCUT2D eigenvalue weighted by Gasteiger charge is -2.29. The standard InChI is InChI=1S/C25H22ClN3O5.ClH/c1-34-20-7-3-6-18-21(20)27-13-19-22(18)28(16-10-8-14(9-11-16)24(31)32)25(33)29(23(19)30)17-5-2-4-15(26)12-17;/h2-7,12-14,16H,8-11H2,1H3,(H,31,32);1H/t14-,16+;. The second kappa shape index (κ2) is 9.71. The highest BCUT2D eigenvalue weighted by molar-refractivity contribution is 6.30. The molecule has 0 bridgehead atoms. The van der Waals surface area contributed by atoms with Gasteiger partial charge in [-0.1, -0.05) is 29.8 Å². The van der Waals surface area contributed by atoms with Crippen molar-refractivity contribution in [1.82, 2.24) is 14.1 Å². The summed E-state index contributed by atoms with van der Waals surface area (Å²) in [5, 5.41) is 10.8. The van der Waals surface area contributed by atoms with Crippen LogP contribution in [0.1, 0.15) is 31.7 Å². The van der Waals surface area contributed by atoms with Crippen LogP contribution in [0.5, 0.6) is 5.75 Å². The Morgan fingerprint density at radius 3 is 2.46 bits per heavy atom. The van der Waals surface area contributed by atoms with E-state index >= 15 is 0 Å². The molecular weight excluding hydrogens is 493 g/mol. The third kappa shape index (κ3) is 4.17. The van der Waals surface area contributed by atoms with E-state index in [4.69, 9.17) is 16.3 Å². The number of aliphatic carboxylic acids is 1. The number of carbonyl (C=O) groups is 1. The van der Waals surface area contributed by atoms with Crippen molar-refractivity contribution < 1.29 is 14.6 Å². The largest absolute Gasteiger partial charge is 0.494 e. The Balaban J connectivity index is 0.00000289. The zero-order valence-corrected chi connectivity index (χ0v) is 20.4. The van der Waals surface area contributed by atoms with Crippen molar-refractivity contribution in [1.29, 1.82) is 0 Å². The average molecular weight is 516 g/mol. The maximum atomic E-state index is 13.9. The first-order valence-corrected chi connectivity index (χ1v) is 11.4. The summed E-state index contributed by atoms with van der Waals surface area (Å²) < 4.78 is 8.21. The number of rotatable bonds is 4. The van der Waals surface area contributed by atoms with Crippen LogP contribution in [-0.2, 0) is 4.79 Å². The molecule has 2 heterocycles. The number of pyridine rings is 1. The Morgan fingerprint density at radius 1 is 1.09 bits per heavy atom. The average Bonchev–Trinajstić information content (AvgIpc) is 2.84. The summed E-state index contributed by atoms with van der Waals surface area (Å²) in [6.07, 6.45) is 3.40. The summed E-state index contributed by atoms with van der Waals surface area (Å²) >= 11 is 6.16. The Bertz CT molecular complexity index is 1560. The highest BCUT2D eigenvalue weighted by Crippen LogP contribution is 2.35. The molecule has 0 aliphatic heterocycles. The number of benzene rings is 2. The van der Waals surface area contributed by atoms with Crippen molar-refractivity contribution in [2.45, 2.75) is 31.7 Å². The van der Waals surface area contributed by atoms with E-state index in [1.54, 1.807) is 41.0 Å². The molecule has 1 saturated carbocycles. The van der Waals surface area contributed by atoms with Gasteiger partial charge >= 0.3 is 11.7 Å². The van der Waals surface area contributed by atoms with Crippen LogP contribution in [0.4, 0.5) is 0 Å². The molecule has 2 aromatic heterocycles. The summed E-state index contributed by atoms with van der Waals surface area (Å²) in [4.78, 5) is 43.5. The lowest BCUT2D eigenvalue weighted by atomic mass is 9.86. The van der Waals surface area contributed by atoms with E-state index in [0.29, 0.717) is 63.9 Å². The second-order valence-electron chi connectivity index (χ2n) is 8.49. The molecule has 0 saturated heterocycles. The Morgan fingerprint density at radius 2 is 1.80 bits per heavy atom. The SMILES string of the molecule is COc1cccc2c1ncc1c(=O)n(-c3cccc(Cl)c3)c(=O)n([C@H]3CC[C@@H](C(=O)O)CC3)c12.Cl. The maximum Gasteiger partial charge on any atom is 0.336 e. The van der Waals surface area contributed by atoms with E-state index in [9.17, 15) is 19.5 Å². The van der Waals surface area contributed by atoms with Gasteiger partial charge in [0.2, 0.25) is 0 Å². The predicted octanol–water partition coefficient (Wildman–Crippen LogP) is 4.60. The number of hydrogen-bond donors (Lipinski definition) is 1. The molecule has 8 nitrogen and oxygen atoms in total. The molecule has 0 radical (unpaired) electrons. The fraction of sp³-hybridized carbons (Fsp3) is 0.280. The molecule has 1 aliphatic rings. The van der Waals surface area contributed by atoms with E-state index in [2.05, 4.69) is 4.98 Å². The minimum absolute atomic E-state index is 0. The first kappa shape index (κ1) is 24.8. The van der Waals surface area contributed by atoms with Crippen LogP contribution in [0.3, 0.4) is 0 Å². The van der Waals surface area contributed by atoms with Crippen molar-refractivity contribution in [3.8, 4) is 11.4 Å². The molecule has 4 aromatic rings. The van der Waals surface area contributed by atoms with E-state index in [-0.39, 0.29) is 18.4 Å². The topological polar surface area (TPSA) is 103 Å². The zero-order chi connectivity index (χ0) is 24.0. The predicted molar refractivity (Wildman–Crippen MR) is 137 cm³/mol. The first-order valence-electron chi connectivity index (χ1n) is 11.0. The minimum atomic E-state index is -0.820. The molecule has 0 unspecified atom stereocenters. The molecule has 0 amide bonds. The number of methoxy groups -OCH3 is 1. The van der Waals surface area contributed by atoms with Gasteiger partial charge in [0.25, 0.3) is 5.56 Å². The van der Waals surface area contributed by atoms with Gasteiger partial charge in [-0.2, -0.15) is 0 Å². The molecule has 1 N–H and O–H groups in total. The van der Waals surface area contributed by atoms with Crippen molar-refractivity contribution in [2.75, 3.05) is 7.11 Å². The van der Waals surface area contributed by atoms with E-state index in [1.807, 2.05) is 6.07 Å². The quantitative estimate of drug-likeness (QED) is 0.398. The molecule has 182 valence electrons. The highest BCUT2D eigenvalue weighted by atomic mass is 35.5. The maximum absolute atomic E-state index is 13.9. The number of nitrogens with zero attached hydrogens (tertiary/aromatic N) is 3. The van der Waals surface area contributed by atoms with E-state index < -0.39 is 23.1 Å². The number of carboxylic acid groups (broad SMARTS) is 1. The Hall–Kier alpha value is -3.36. The third-order valence-corrected chi connectivity index (χ3v) is 6.84. The summed E-state index contributed by atoms with van der Waals surface area (Å²) in [7, 11) is 1.54. The molecule has 1 fully saturated rings. The number of aromatic nitrogens is 3. The third-order valence-electron chi connectivity index (χ3n) is 6.60. The van der Waals surface area contributed by atoms with Crippen LogP contribution in [0.15, 0.2) is 58.3 Å². The van der Waals surface area contributed by atoms with Gasteiger partial charge in [-0.25, -0.2) is 9.36 Å². The number of fused-ring (bicyclic) bond motifs is 3. The molecule has 35 heavy (non-hydrogen) atoms.